The molecule has 8 heteroatoms. The second kappa shape index (κ2) is 10.7. The highest BCUT2D eigenvalue weighted by Crippen LogP contribution is 2.28. The first kappa shape index (κ1) is 24.2. The first-order valence-electron chi connectivity index (χ1n) is 12.5. The van der Waals surface area contributed by atoms with Crippen LogP contribution >= 0.6 is 0 Å². The Labute approximate surface area is 216 Å². The van der Waals surface area contributed by atoms with Crippen LogP contribution in [0.1, 0.15) is 29.5 Å². The molecule has 0 saturated carbocycles. The van der Waals surface area contributed by atoms with E-state index in [2.05, 4.69) is 10.6 Å². The number of hydrogen-bond donors (Lipinski definition) is 2. The first-order valence-corrected chi connectivity index (χ1v) is 12.5. The predicted octanol–water partition coefficient (Wildman–Crippen LogP) is 3.95. The summed E-state index contributed by atoms with van der Waals surface area (Å²) >= 11 is 0. The zero-order chi connectivity index (χ0) is 25.8. The van der Waals surface area contributed by atoms with Crippen LogP contribution in [0.15, 0.2) is 83.9 Å². The third-order valence-corrected chi connectivity index (χ3v) is 6.55. The number of para-hydroxylation sites is 1. The van der Waals surface area contributed by atoms with Crippen LogP contribution in [0.3, 0.4) is 0 Å². The maximum absolute atomic E-state index is 13.9. The average molecular weight is 496 g/mol. The van der Waals surface area contributed by atoms with Crippen molar-refractivity contribution in [2.75, 3.05) is 29.9 Å². The molecule has 2 N–H and O–H groups in total. The van der Waals surface area contributed by atoms with Crippen molar-refractivity contribution in [3.8, 4) is 0 Å². The van der Waals surface area contributed by atoms with Gasteiger partial charge in [0.25, 0.3) is 5.91 Å². The molecule has 0 radical (unpaired) electrons. The molecule has 1 atom stereocenters. The fourth-order valence-electron chi connectivity index (χ4n) is 4.73. The summed E-state index contributed by atoms with van der Waals surface area (Å²) in [7, 11) is 0. The molecule has 2 aliphatic heterocycles. The van der Waals surface area contributed by atoms with Crippen LogP contribution < -0.4 is 15.5 Å². The zero-order valence-corrected chi connectivity index (χ0v) is 20.7. The van der Waals surface area contributed by atoms with E-state index in [1.165, 1.54) is 4.90 Å². The number of benzodiazepines with no additional fused rings is 1. The number of carbonyl (C=O) groups excluding carboxylic acids is 3. The van der Waals surface area contributed by atoms with Gasteiger partial charge in [-0.1, -0.05) is 60.7 Å². The third-order valence-electron chi connectivity index (χ3n) is 6.55. The highest BCUT2D eigenvalue weighted by atomic mass is 16.2. The largest absolute Gasteiger partial charge is 0.341 e. The van der Waals surface area contributed by atoms with Crippen LogP contribution in [0.5, 0.6) is 0 Å². The molecule has 0 bridgehead atoms. The van der Waals surface area contributed by atoms with E-state index in [4.69, 9.17) is 4.99 Å². The minimum Gasteiger partial charge on any atom is -0.341 e. The Kier molecular flexibility index (Phi) is 6.98. The van der Waals surface area contributed by atoms with Crippen molar-refractivity contribution in [2.45, 2.75) is 25.9 Å². The standard InChI is InChI=1S/C29H29N5O3/c1-20-10-9-13-22(18-20)30-29(37)32-27-28(36)34(19-25(35)33-16-7-8-17-33)24-15-6-5-14-23(24)26(31-27)21-11-3-2-4-12-21/h2-6,9-15,18,27H,7-8,16-17,19H2,1H3,(H2,30,32,37). The van der Waals surface area contributed by atoms with E-state index in [0.29, 0.717) is 30.2 Å². The number of carbonyl (C=O) groups is 3. The van der Waals surface area contributed by atoms with E-state index < -0.39 is 18.1 Å². The number of aliphatic imine (C=N–C) groups is 1. The number of fused-ring (bicyclic) bond motifs is 1. The van der Waals surface area contributed by atoms with Crippen molar-refractivity contribution in [3.05, 3.63) is 95.6 Å². The van der Waals surface area contributed by atoms with Crippen LogP contribution in [-0.2, 0) is 9.59 Å². The van der Waals surface area contributed by atoms with Crippen molar-refractivity contribution in [1.82, 2.24) is 10.2 Å². The van der Waals surface area contributed by atoms with Gasteiger partial charge in [0.1, 0.15) is 6.54 Å². The van der Waals surface area contributed by atoms with E-state index in [1.54, 1.807) is 11.0 Å². The summed E-state index contributed by atoms with van der Waals surface area (Å²) in [6, 6.07) is 23.8. The molecule has 0 aliphatic carbocycles. The minimum atomic E-state index is -1.22. The number of rotatable bonds is 5. The second-order valence-electron chi connectivity index (χ2n) is 9.24. The lowest BCUT2D eigenvalue weighted by Gasteiger charge is -2.27. The molecule has 3 aromatic carbocycles. The van der Waals surface area contributed by atoms with Crippen LogP contribution in [-0.4, -0.2) is 54.3 Å². The highest BCUT2D eigenvalue weighted by molar-refractivity contribution is 6.21. The molecule has 3 aromatic rings. The Morgan fingerprint density at radius 2 is 1.68 bits per heavy atom. The Morgan fingerprint density at radius 1 is 0.946 bits per heavy atom. The number of benzene rings is 3. The van der Waals surface area contributed by atoms with E-state index in [-0.39, 0.29) is 12.5 Å². The number of nitrogens with zero attached hydrogens (tertiary/aromatic N) is 3. The molecular weight excluding hydrogens is 466 g/mol. The maximum atomic E-state index is 13.9. The zero-order valence-electron chi connectivity index (χ0n) is 20.7. The molecule has 2 aliphatic rings. The molecule has 0 aromatic heterocycles. The molecule has 5 rings (SSSR count). The first-order chi connectivity index (χ1) is 18.0. The maximum Gasteiger partial charge on any atom is 0.321 e. The van der Waals surface area contributed by atoms with Gasteiger partial charge in [0, 0.05) is 29.9 Å². The number of aryl methyl sites for hydroxylation is 1. The van der Waals surface area contributed by atoms with E-state index in [1.807, 2.05) is 79.7 Å². The summed E-state index contributed by atoms with van der Waals surface area (Å²) in [5, 5.41) is 5.51. The van der Waals surface area contributed by atoms with Gasteiger partial charge in [0.05, 0.1) is 11.4 Å². The Morgan fingerprint density at radius 3 is 2.43 bits per heavy atom. The summed E-state index contributed by atoms with van der Waals surface area (Å²) in [6.45, 7) is 3.19. The van der Waals surface area contributed by atoms with E-state index in [9.17, 15) is 14.4 Å². The number of nitrogens with one attached hydrogen (secondary N) is 2. The molecule has 4 amide bonds. The normalized spacial score (nSPS) is 17.1. The van der Waals surface area contributed by atoms with Crippen molar-refractivity contribution < 1.29 is 14.4 Å². The predicted molar refractivity (Wildman–Crippen MR) is 144 cm³/mol. The lowest BCUT2D eigenvalue weighted by Crippen LogP contribution is -2.51. The molecule has 1 unspecified atom stereocenters. The molecule has 2 heterocycles. The van der Waals surface area contributed by atoms with Crippen molar-refractivity contribution in [2.24, 2.45) is 4.99 Å². The van der Waals surface area contributed by atoms with Gasteiger partial charge in [-0.3, -0.25) is 14.5 Å². The van der Waals surface area contributed by atoms with Gasteiger partial charge in [-0.25, -0.2) is 9.79 Å². The third kappa shape index (κ3) is 5.38. The summed E-state index contributed by atoms with van der Waals surface area (Å²) in [6.07, 6.45) is 0.695. The molecule has 37 heavy (non-hydrogen) atoms. The Balaban J connectivity index is 1.51. The van der Waals surface area contributed by atoms with Crippen molar-refractivity contribution in [3.63, 3.8) is 0 Å². The van der Waals surface area contributed by atoms with Gasteiger partial charge in [-0.2, -0.15) is 0 Å². The topological polar surface area (TPSA) is 94.1 Å². The fraction of sp³-hybridized carbons (Fsp3) is 0.241. The van der Waals surface area contributed by atoms with Crippen molar-refractivity contribution in [1.29, 1.82) is 0 Å². The summed E-state index contributed by atoms with van der Waals surface area (Å²) in [5.74, 6) is -0.586. The second-order valence-corrected chi connectivity index (χ2v) is 9.24. The number of amides is 4. The number of urea groups is 1. The Bertz CT molecular complexity index is 1350. The van der Waals surface area contributed by atoms with Gasteiger partial charge in [0.15, 0.2) is 0 Å². The SMILES string of the molecule is Cc1cccc(NC(=O)NC2N=C(c3ccccc3)c3ccccc3N(CC(=O)N3CCCC3)C2=O)c1. The monoisotopic (exact) mass is 495 g/mol. The summed E-state index contributed by atoms with van der Waals surface area (Å²) < 4.78 is 0. The summed E-state index contributed by atoms with van der Waals surface area (Å²) in [4.78, 5) is 48.0. The number of anilines is 2. The van der Waals surface area contributed by atoms with Gasteiger partial charge in [-0.15, -0.1) is 0 Å². The summed E-state index contributed by atoms with van der Waals surface area (Å²) in [5.41, 5.74) is 4.29. The van der Waals surface area contributed by atoms with Crippen molar-refractivity contribution >= 4 is 34.9 Å². The average Bonchev–Trinajstić information content (AvgIpc) is 3.42. The van der Waals surface area contributed by atoms with E-state index >= 15 is 0 Å². The fourth-order valence-corrected chi connectivity index (χ4v) is 4.73. The molecule has 1 saturated heterocycles. The smallest absolute Gasteiger partial charge is 0.321 e. The highest BCUT2D eigenvalue weighted by Gasteiger charge is 2.35. The van der Waals surface area contributed by atoms with Gasteiger partial charge in [0.2, 0.25) is 12.1 Å². The van der Waals surface area contributed by atoms with Gasteiger partial charge in [-0.05, 0) is 43.5 Å². The quantitative estimate of drug-likeness (QED) is 0.561. The molecule has 188 valence electrons. The van der Waals surface area contributed by atoms with E-state index in [0.717, 1.165) is 29.5 Å². The van der Waals surface area contributed by atoms with Crippen LogP contribution in [0.4, 0.5) is 16.2 Å². The molecule has 1 fully saturated rings. The molecule has 0 spiro atoms. The van der Waals surface area contributed by atoms with Gasteiger partial charge >= 0.3 is 6.03 Å². The lowest BCUT2D eigenvalue weighted by molar-refractivity contribution is -0.130. The molecule has 8 nitrogen and oxygen atoms in total. The number of hydrogen-bond acceptors (Lipinski definition) is 4. The van der Waals surface area contributed by atoms with Crippen LogP contribution in [0.25, 0.3) is 0 Å². The lowest BCUT2D eigenvalue weighted by atomic mass is 10.0. The van der Waals surface area contributed by atoms with Crippen LogP contribution in [0.2, 0.25) is 0 Å². The Hall–Kier alpha value is -4.46. The van der Waals surface area contributed by atoms with Crippen LogP contribution in [0, 0.1) is 6.92 Å². The molecular formula is C29H29N5O3. The minimum absolute atomic E-state index is 0.119. The van der Waals surface area contributed by atoms with Gasteiger partial charge < -0.3 is 15.5 Å². The number of likely N-dealkylation sites (tertiary alicyclic amines) is 1.